The van der Waals surface area contributed by atoms with Gasteiger partial charge in [-0.05, 0) is 81.6 Å². The fourth-order valence-corrected chi connectivity index (χ4v) is 8.27. The van der Waals surface area contributed by atoms with E-state index in [9.17, 15) is 0 Å². The van der Waals surface area contributed by atoms with Crippen LogP contribution in [0.3, 0.4) is 0 Å². The lowest BCUT2D eigenvalue weighted by atomic mass is 9.97. The minimum atomic E-state index is 0.902. The van der Waals surface area contributed by atoms with Crippen LogP contribution in [0.1, 0.15) is 0 Å². The number of rotatable bonds is 6. The van der Waals surface area contributed by atoms with Crippen molar-refractivity contribution in [1.29, 1.82) is 0 Å². The summed E-state index contributed by atoms with van der Waals surface area (Å²) in [6.07, 6.45) is 0. The summed E-state index contributed by atoms with van der Waals surface area (Å²) in [5.74, 6) is 0. The van der Waals surface area contributed by atoms with Crippen LogP contribution in [0.2, 0.25) is 0 Å². The molecule has 0 fully saturated rings. The Labute approximate surface area is 317 Å². The van der Waals surface area contributed by atoms with Crippen molar-refractivity contribution in [3.8, 4) is 33.4 Å². The van der Waals surface area contributed by atoms with Gasteiger partial charge in [0.2, 0.25) is 0 Å². The van der Waals surface area contributed by atoms with E-state index in [1.165, 1.54) is 21.9 Å². The van der Waals surface area contributed by atoms with Crippen molar-refractivity contribution in [3.05, 3.63) is 200 Å². The molecular formula is C52H33NO2. The minimum Gasteiger partial charge on any atom is -0.455 e. The molecule has 0 atom stereocenters. The maximum atomic E-state index is 6.41. The summed E-state index contributed by atoms with van der Waals surface area (Å²) in [4.78, 5) is 2.34. The van der Waals surface area contributed by atoms with Crippen molar-refractivity contribution in [2.45, 2.75) is 0 Å². The minimum absolute atomic E-state index is 0.902. The maximum Gasteiger partial charge on any atom is 0.143 e. The molecule has 0 aliphatic rings. The van der Waals surface area contributed by atoms with Gasteiger partial charge < -0.3 is 13.7 Å². The van der Waals surface area contributed by atoms with Crippen LogP contribution < -0.4 is 4.90 Å². The Morgan fingerprint density at radius 3 is 1.35 bits per heavy atom. The number of hydrogen-bond acceptors (Lipinski definition) is 3. The first kappa shape index (κ1) is 31.2. The molecule has 3 heteroatoms. The quantitative estimate of drug-likeness (QED) is 0.173. The van der Waals surface area contributed by atoms with Crippen LogP contribution in [0.25, 0.3) is 88.0 Å². The van der Waals surface area contributed by atoms with Gasteiger partial charge in [0, 0.05) is 49.7 Å². The van der Waals surface area contributed by atoms with Crippen molar-refractivity contribution >= 4 is 71.7 Å². The molecule has 0 amide bonds. The van der Waals surface area contributed by atoms with Crippen LogP contribution in [-0.4, -0.2) is 0 Å². The standard InChI is InChI=1S/C52H33NO2/c1-2-15-41-34(11-1)12-8-18-42(41)37-13-7-14-40(33-37)53(38-29-25-35(26-30-38)43-19-9-21-47-45-16-3-5-23-49(45)54-51(43)47)39-31-27-36(28-32-39)44-20-10-22-48-46-17-4-6-24-50(46)55-52(44)48/h1-33H. The lowest BCUT2D eigenvalue weighted by Gasteiger charge is -2.26. The fraction of sp³-hybridized carbons (Fsp3) is 0. The van der Waals surface area contributed by atoms with Crippen LogP contribution in [-0.2, 0) is 0 Å². The summed E-state index contributed by atoms with van der Waals surface area (Å²) in [5, 5.41) is 6.99. The number of fused-ring (bicyclic) bond motifs is 7. The SMILES string of the molecule is c1cc(-c2cccc3ccccc23)cc(N(c2ccc(-c3cccc4c3oc3ccccc34)cc2)c2ccc(-c3cccc4c3oc3ccccc34)cc2)c1. The Balaban J connectivity index is 1.03. The zero-order chi connectivity index (χ0) is 36.3. The third-order valence-corrected chi connectivity index (χ3v) is 10.9. The topological polar surface area (TPSA) is 29.5 Å². The van der Waals surface area contributed by atoms with Gasteiger partial charge in [0.15, 0.2) is 0 Å². The van der Waals surface area contributed by atoms with E-state index in [0.717, 1.165) is 83.2 Å². The van der Waals surface area contributed by atoms with Gasteiger partial charge in [-0.1, -0.05) is 152 Å². The number of nitrogens with zero attached hydrogens (tertiary/aromatic N) is 1. The van der Waals surface area contributed by atoms with Crippen LogP contribution in [0.15, 0.2) is 209 Å². The molecule has 258 valence electrons. The predicted molar refractivity (Wildman–Crippen MR) is 229 cm³/mol. The number of benzene rings is 9. The average molecular weight is 704 g/mol. The van der Waals surface area contributed by atoms with E-state index in [1.54, 1.807) is 0 Å². The first-order valence-corrected chi connectivity index (χ1v) is 18.7. The van der Waals surface area contributed by atoms with Crippen LogP contribution in [0.4, 0.5) is 17.1 Å². The molecule has 0 radical (unpaired) electrons. The first-order chi connectivity index (χ1) is 27.3. The van der Waals surface area contributed by atoms with Gasteiger partial charge in [-0.25, -0.2) is 0 Å². The first-order valence-electron chi connectivity index (χ1n) is 18.7. The Morgan fingerprint density at radius 2 is 0.745 bits per heavy atom. The molecule has 11 rings (SSSR count). The Morgan fingerprint density at radius 1 is 0.291 bits per heavy atom. The number of para-hydroxylation sites is 4. The largest absolute Gasteiger partial charge is 0.455 e. The molecule has 9 aromatic carbocycles. The second-order valence-electron chi connectivity index (χ2n) is 14.1. The second-order valence-corrected chi connectivity index (χ2v) is 14.1. The zero-order valence-corrected chi connectivity index (χ0v) is 29.8. The summed E-state index contributed by atoms with van der Waals surface area (Å²) >= 11 is 0. The lowest BCUT2D eigenvalue weighted by Crippen LogP contribution is -2.10. The van der Waals surface area contributed by atoms with E-state index >= 15 is 0 Å². The molecule has 55 heavy (non-hydrogen) atoms. The summed E-state index contributed by atoms with van der Waals surface area (Å²) in [5.41, 5.74) is 13.6. The summed E-state index contributed by atoms with van der Waals surface area (Å²) in [6.45, 7) is 0. The van der Waals surface area contributed by atoms with E-state index in [4.69, 9.17) is 8.83 Å². The van der Waals surface area contributed by atoms with Crippen molar-refractivity contribution in [2.75, 3.05) is 4.90 Å². The van der Waals surface area contributed by atoms with E-state index in [0.29, 0.717) is 0 Å². The number of anilines is 3. The second kappa shape index (κ2) is 12.6. The monoisotopic (exact) mass is 703 g/mol. The Kier molecular flexibility index (Phi) is 7.17. The molecule has 0 aliphatic heterocycles. The highest BCUT2D eigenvalue weighted by molar-refractivity contribution is 6.10. The normalized spacial score (nSPS) is 11.6. The summed E-state index contributed by atoms with van der Waals surface area (Å²) in [7, 11) is 0. The van der Waals surface area contributed by atoms with Gasteiger partial charge in [-0.3, -0.25) is 0 Å². The molecular weight excluding hydrogens is 671 g/mol. The molecule has 3 nitrogen and oxygen atoms in total. The molecule has 2 aromatic heterocycles. The Bertz CT molecular complexity index is 3040. The Hall–Kier alpha value is -7.36. The number of furan rings is 2. The fourth-order valence-electron chi connectivity index (χ4n) is 8.27. The van der Waals surface area contributed by atoms with Crippen LogP contribution in [0, 0.1) is 0 Å². The predicted octanol–water partition coefficient (Wildman–Crippen LogP) is 15.1. The van der Waals surface area contributed by atoms with Gasteiger partial charge in [0.25, 0.3) is 0 Å². The van der Waals surface area contributed by atoms with Gasteiger partial charge in [0.05, 0.1) is 0 Å². The third-order valence-electron chi connectivity index (χ3n) is 10.9. The molecule has 0 saturated heterocycles. The van der Waals surface area contributed by atoms with Crippen molar-refractivity contribution in [2.24, 2.45) is 0 Å². The molecule has 0 aliphatic carbocycles. The average Bonchev–Trinajstić information content (AvgIpc) is 3.83. The molecule has 11 aromatic rings. The van der Waals surface area contributed by atoms with E-state index in [-0.39, 0.29) is 0 Å². The highest BCUT2D eigenvalue weighted by Gasteiger charge is 2.18. The van der Waals surface area contributed by atoms with E-state index < -0.39 is 0 Å². The van der Waals surface area contributed by atoms with Gasteiger partial charge in [0.1, 0.15) is 22.3 Å². The molecule has 2 heterocycles. The van der Waals surface area contributed by atoms with Crippen LogP contribution in [0.5, 0.6) is 0 Å². The smallest absolute Gasteiger partial charge is 0.143 e. The van der Waals surface area contributed by atoms with Crippen molar-refractivity contribution in [3.63, 3.8) is 0 Å². The molecule has 0 saturated carbocycles. The summed E-state index contributed by atoms with van der Waals surface area (Å²) in [6, 6.07) is 71.0. The maximum absolute atomic E-state index is 6.41. The highest BCUT2D eigenvalue weighted by atomic mass is 16.3. The lowest BCUT2D eigenvalue weighted by molar-refractivity contribution is 0.669. The molecule has 0 bridgehead atoms. The van der Waals surface area contributed by atoms with E-state index in [2.05, 4.69) is 181 Å². The molecule has 0 unspecified atom stereocenters. The van der Waals surface area contributed by atoms with Gasteiger partial charge in [-0.15, -0.1) is 0 Å². The number of hydrogen-bond donors (Lipinski definition) is 0. The molecule has 0 spiro atoms. The highest BCUT2D eigenvalue weighted by Crippen LogP contribution is 2.42. The summed E-state index contributed by atoms with van der Waals surface area (Å²) < 4.78 is 12.8. The van der Waals surface area contributed by atoms with Crippen molar-refractivity contribution < 1.29 is 8.83 Å². The van der Waals surface area contributed by atoms with Crippen molar-refractivity contribution in [1.82, 2.24) is 0 Å². The van der Waals surface area contributed by atoms with Crippen LogP contribution >= 0.6 is 0 Å². The van der Waals surface area contributed by atoms with E-state index in [1.807, 2.05) is 24.3 Å². The zero-order valence-electron chi connectivity index (χ0n) is 29.8. The third kappa shape index (κ3) is 5.20. The molecule has 0 N–H and O–H groups in total. The van der Waals surface area contributed by atoms with Gasteiger partial charge >= 0.3 is 0 Å². The van der Waals surface area contributed by atoms with Gasteiger partial charge in [-0.2, -0.15) is 0 Å².